The van der Waals surface area contributed by atoms with Gasteiger partial charge in [0.1, 0.15) is 5.82 Å². The van der Waals surface area contributed by atoms with Gasteiger partial charge in [-0.25, -0.2) is 22.4 Å². The van der Waals surface area contributed by atoms with Crippen LogP contribution in [0.2, 0.25) is 0 Å². The van der Waals surface area contributed by atoms with E-state index in [9.17, 15) is 27.5 Å². The van der Waals surface area contributed by atoms with Crippen LogP contribution in [-0.2, 0) is 0 Å². The number of hydrogen-bond acceptors (Lipinski definition) is 2. The quantitative estimate of drug-likeness (QED) is 0.588. The van der Waals surface area contributed by atoms with Gasteiger partial charge >= 0.3 is 6.03 Å². The van der Waals surface area contributed by atoms with Gasteiger partial charge in [0.15, 0.2) is 17.5 Å². The number of benzene rings is 2. The number of amides is 2. The minimum absolute atomic E-state index is 0.285. The monoisotopic (exact) mass is 342 g/mol. The molecule has 0 radical (unpaired) electrons. The summed E-state index contributed by atoms with van der Waals surface area (Å²) in [7, 11) is 0. The molecule has 2 amide bonds. The SMILES string of the molecule is CC(NC(=O)Nc1cc(F)c(F)c(F)c1)C(O)c1ccc(F)cc1. The van der Waals surface area contributed by atoms with Crippen LogP contribution in [0.15, 0.2) is 36.4 Å². The first-order valence-corrected chi connectivity index (χ1v) is 6.93. The first-order valence-electron chi connectivity index (χ1n) is 6.93. The van der Waals surface area contributed by atoms with Crippen molar-refractivity contribution < 1.29 is 27.5 Å². The summed E-state index contributed by atoms with van der Waals surface area (Å²) >= 11 is 0. The molecule has 0 bridgehead atoms. The maximum Gasteiger partial charge on any atom is 0.319 e. The standard InChI is InChI=1S/C16H14F4N2O2/c1-8(15(23)9-2-4-10(17)5-3-9)21-16(24)22-11-6-12(18)14(20)13(19)7-11/h2-8,15,23H,1H3,(H2,21,22,24). The average Bonchev–Trinajstić information content (AvgIpc) is 2.52. The summed E-state index contributed by atoms with van der Waals surface area (Å²) in [5.41, 5.74) is 0.0930. The molecular weight excluding hydrogens is 328 g/mol. The molecule has 0 aliphatic heterocycles. The molecule has 0 aliphatic rings. The van der Waals surface area contributed by atoms with Gasteiger partial charge in [-0.1, -0.05) is 12.1 Å². The molecule has 0 spiro atoms. The van der Waals surface area contributed by atoms with Crippen molar-refractivity contribution in [3.8, 4) is 0 Å². The molecule has 0 aliphatic carbocycles. The lowest BCUT2D eigenvalue weighted by Crippen LogP contribution is -2.39. The molecule has 2 unspecified atom stereocenters. The van der Waals surface area contributed by atoms with Gasteiger partial charge in [0, 0.05) is 17.8 Å². The number of aliphatic hydroxyl groups excluding tert-OH is 1. The van der Waals surface area contributed by atoms with Crippen LogP contribution in [-0.4, -0.2) is 17.2 Å². The van der Waals surface area contributed by atoms with E-state index in [4.69, 9.17) is 0 Å². The highest BCUT2D eigenvalue weighted by molar-refractivity contribution is 5.89. The minimum atomic E-state index is -1.64. The highest BCUT2D eigenvalue weighted by atomic mass is 19.2. The van der Waals surface area contributed by atoms with Crippen molar-refractivity contribution >= 4 is 11.7 Å². The second-order valence-corrected chi connectivity index (χ2v) is 5.14. The van der Waals surface area contributed by atoms with Crippen molar-refractivity contribution in [1.29, 1.82) is 0 Å². The first kappa shape index (κ1) is 17.7. The molecule has 4 nitrogen and oxygen atoms in total. The van der Waals surface area contributed by atoms with E-state index in [-0.39, 0.29) is 5.69 Å². The van der Waals surface area contributed by atoms with Gasteiger partial charge in [-0.2, -0.15) is 0 Å². The third-order valence-electron chi connectivity index (χ3n) is 3.29. The van der Waals surface area contributed by atoms with E-state index in [1.807, 2.05) is 0 Å². The Labute approximate surface area is 135 Å². The Morgan fingerprint density at radius 3 is 2.12 bits per heavy atom. The number of anilines is 1. The molecule has 2 aromatic carbocycles. The molecule has 0 saturated carbocycles. The zero-order chi connectivity index (χ0) is 17.9. The molecule has 24 heavy (non-hydrogen) atoms. The zero-order valence-electron chi connectivity index (χ0n) is 12.5. The number of aliphatic hydroxyl groups is 1. The lowest BCUT2D eigenvalue weighted by molar-refractivity contribution is 0.139. The number of urea groups is 1. The van der Waals surface area contributed by atoms with Crippen molar-refractivity contribution in [1.82, 2.24) is 5.32 Å². The summed E-state index contributed by atoms with van der Waals surface area (Å²) in [6.07, 6.45) is -1.13. The Kier molecular flexibility index (Phi) is 5.40. The summed E-state index contributed by atoms with van der Waals surface area (Å²) in [4.78, 5) is 11.8. The van der Waals surface area contributed by atoms with Gasteiger partial charge in [-0.15, -0.1) is 0 Å². The number of carbonyl (C=O) groups is 1. The smallest absolute Gasteiger partial charge is 0.319 e. The van der Waals surface area contributed by atoms with Gasteiger partial charge in [0.25, 0.3) is 0 Å². The van der Waals surface area contributed by atoms with E-state index in [0.717, 1.165) is 12.1 Å². The van der Waals surface area contributed by atoms with Crippen LogP contribution in [0.1, 0.15) is 18.6 Å². The molecule has 2 rings (SSSR count). The maximum atomic E-state index is 13.1. The highest BCUT2D eigenvalue weighted by Gasteiger charge is 2.19. The van der Waals surface area contributed by atoms with Crippen LogP contribution < -0.4 is 10.6 Å². The van der Waals surface area contributed by atoms with Gasteiger partial charge in [0.05, 0.1) is 12.1 Å². The highest BCUT2D eigenvalue weighted by Crippen LogP contribution is 2.19. The number of rotatable bonds is 4. The molecule has 2 atom stereocenters. The number of halogens is 4. The van der Waals surface area contributed by atoms with Gasteiger partial charge in [0.2, 0.25) is 0 Å². The van der Waals surface area contributed by atoms with E-state index in [1.165, 1.54) is 19.1 Å². The topological polar surface area (TPSA) is 61.4 Å². The summed E-state index contributed by atoms with van der Waals surface area (Å²) < 4.78 is 51.8. The molecule has 0 heterocycles. The fourth-order valence-electron chi connectivity index (χ4n) is 2.03. The van der Waals surface area contributed by atoms with E-state index in [0.29, 0.717) is 17.7 Å². The Hall–Kier alpha value is -2.61. The Balaban J connectivity index is 2.00. The molecule has 0 saturated heterocycles. The third-order valence-corrected chi connectivity index (χ3v) is 3.29. The molecule has 0 aromatic heterocycles. The third kappa shape index (κ3) is 4.23. The van der Waals surface area contributed by atoms with Crippen molar-refractivity contribution in [3.63, 3.8) is 0 Å². The lowest BCUT2D eigenvalue weighted by atomic mass is 10.0. The van der Waals surface area contributed by atoms with E-state index < -0.39 is 41.4 Å². The van der Waals surface area contributed by atoms with Crippen LogP contribution in [0.3, 0.4) is 0 Å². The van der Waals surface area contributed by atoms with Crippen LogP contribution in [0.25, 0.3) is 0 Å². The normalized spacial score (nSPS) is 13.2. The molecule has 2 aromatic rings. The number of carbonyl (C=O) groups excluding carboxylic acids is 1. The van der Waals surface area contributed by atoms with Crippen LogP contribution >= 0.6 is 0 Å². The van der Waals surface area contributed by atoms with Crippen molar-refractivity contribution in [3.05, 3.63) is 65.2 Å². The largest absolute Gasteiger partial charge is 0.386 e. The first-order chi connectivity index (χ1) is 11.3. The van der Waals surface area contributed by atoms with Gasteiger partial charge in [-0.05, 0) is 24.6 Å². The van der Waals surface area contributed by atoms with Crippen molar-refractivity contribution in [2.75, 3.05) is 5.32 Å². The summed E-state index contributed by atoms with van der Waals surface area (Å²) in [5.74, 6) is -4.99. The fraction of sp³-hybridized carbons (Fsp3) is 0.188. The number of hydrogen-bond donors (Lipinski definition) is 3. The van der Waals surface area contributed by atoms with Gasteiger partial charge < -0.3 is 15.7 Å². The summed E-state index contributed by atoms with van der Waals surface area (Å²) in [6.45, 7) is 1.49. The second-order valence-electron chi connectivity index (χ2n) is 5.14. The van der Waals surface area contributed by atoms with Crippen LogP contribution in [0, 0.1) is 23.3 Å². The van der Waals surface area contributed by atoms with Crippen molar-refractivity contribution in [2.45, 2.75) is 19.1 Å². The zero-order valence-corrected chi connectivity index (χ0v) is 12.5. The van der Waals surface area contributed by atoms with E-state index in [2.05, 4.69) is 10.6 Å². The Morgan fingerprint density at radius 2 is 1.58 bits per heavy atom. The van der Waals surface area contributed by atoms with Crippen LogP contribution in [0.5, 0.6) is 0 Å². The minimum Gasteiger partial charge on any atom is -0.386 e. The Morgan fingerprint density at radius 1 is 1.04 bits per heavy atom. The molecular formula is C16H14F4N2O2. The average molecular weight is 342 g/mol. The van der Waals surface area contributed by atoms with Gasteiger partial charge in [-0.3, -0.25) is 0 Å². The predicted octanol–water partition coefficient (Wildman–Crippen LogP) is 3.49. The Bertz CT molecular complexity index is 714. The lowest BCUT2D eigenvalue weighted by Gasteiger charge is -2.21. The molecule has 3 N–H and O–H groups in total. The maximum absolute atomic E-state index is 13.1. The van der Waals surface area contributed by atoms with E-state index in [1.54, 1.807) is 0 Å². The summed E-state index contributed by atoms with van der Waals surface area (Å²) in [5, 5.41) is 14.6. The number of nitrogens with one attached hydrogen (secondary N) is 2. The van der Waals surface area contributed by atoms with E-state index >= 15 is 0 Å². The second kappa shape index (κ2) is 7.31. The van der Waals surface area contributed by atoms with Crippen LogP contribution in [0.4, 0.5) is 28.0 Å². The predicted molar refractivity (Wildman–Crippen MR) is 79.3 cm³/mol. The fourth-order valence-corrected chi connectivity index (χ4v) is 2.03. The molecule has 128 valence electrons. The summed E-state index contributed by atoms with van der Waals surface area (Å²) in [6, 6.07) is 4.66. The molecule has 8 heteroatoms. The molecule has 0 fully saturated rings. The van der Waals surface area contributed by atoms with Crippen molar-refractivity contribution in [2.24, 2.45) is 0 Å².